The molecule has 0 spiro atoms. The van der Waals surface area contributed by atoms with Crippen molar-refractivity contribution in [3.8, 4) is 0 Å². The molecule has 0 aliphatic carbocycles. The van der Waals surface area contributed by atoms with E-state index < -0.39 is 17.7 Å². The maximum atomic E-state index is 13.6. The summed E-state index contributed by atoms with van der Waals surface area (Å²) in [6, 6.07) is 15.8. The van der Waals surface area contributed by atoms with Crippen LogP contribution in [-0.4, -0.2) is 41.0 Å². The number of nitrogens with zero attached hydrogens (tertiary/aromatic N) is 1. The van der Waals surface area contributed by atoms with Crippen LogP contribution in [0.15, 0.2) is 61.2 Å². The zero-order valence-electron chi connectivity index (χ0n) is 21.3. The van der Waals surface area contributed by atoms with Crippen LogP contribution in [0.3, 0.4) is 0 Å². The van der Waals surface area contributed by atoms with Crippen molar-refractivity contribution in [2.24, 2.45) is 0 Å². The average Bonchev–Trinajstić information content (AvgIpc) is 2.83. The minimum Gasteiger partial charge on any atom is -0.444 e. The molecule has 0 bridgehead atoms. The number of nitrogens with one attached hydrogen (secondary N) is 2. The van der Waals surface area contributed by atoms with Gasteiger partial charge in [-0.25, -0.2) is 4.79 Å². The first-order valence-electron chi connectivity index (χ1n) is 11.9. The highest BCUT2D eigenvalue weighted by molar-refractivity contribution is 5.90. The molecule has 3 amide bonds. The van der Waals surface area contributed by atoms with Crippen molar-refractivity contribution >= 4 is 24.0 Å². The lowest BCUT2D eigenvalue weighted by molar-refractivity contribution is -0.142. The van der Waals surface area contributed by atoms with Gasteiger partial charge in [-0.2, -0.15) is 0 Å². The Bertz CT molecular complexity index is 1010. The summed E-state index contributed by atoms with van der Waals surface area (Å²) in [5, 5.41) is 5.50. The van der Waals surface area contributed by atoms with E-state index in [2.05, 4.69) is 17.2 Å². The van der Waals surface area contributed by atoms with Gasteiger partial charge in [0, 0.05) is 12.6 Å². The number of rotatable bonds is 10. The summed E-state index contributed by atoms with van der Waals surface area (Å²) in [5.41, 5.74) is 1.77. The Kier molecular flexibility index (Phi) is 10.1. The molecule has 0 aliphatic heterocycles. The molecule has 2 N–H and O–H groups in total. The van der Waals surface area contributed by atoms with Crippen molar-refractivity contribution in [3.05, 3.63) is 77.9 Å². The fourth-order valence-electron chi connectivity index (χ4n) is 3.57. The van der Waals surface area contributed by atoms with Crippen LogP contribution in [0.1, 0.15) is 63.8 Å². The first-order chi connectivity index (χ1) is 16.6. The van der Waals surface area contributed by atoms with Crippen molar-refractivity contribution in [1.82, 2.24) is 15.5 Å². The summed E-state index contributed by atoms with van der Waals surface area (Å²) in [6.07, 6.45) is 1.64. The first-order valence-corrected chi connectivity index (χ1v) is 11.9. The number of ether oxygens (including phenoxy) is 1. The molecule has 188 valence electrons. The van der Waals surface area contributed by atoms with E-state index in [0.717, 1.165) is 11.1 Å². The lowest BCUT2D eigenvalue weighted by atomic mass is 9.99. The van der Waals surface area contributed by atoms with E-state index >= 15 is 0 Å². The molecule has 0 fully saturated rings. The second kappa shape index (κ2) is 12.7. The third kappa shape index (κ3) is 8.59. The van der Waals surface area contributed by atoms with Crippen LogP contribution in [0.25, 0.3) is 6.08 Å². The van der Waals surface area contributed by atoms with E-state index in [9.17, 15) is 14.4 Å². The van der Waals surface area contributed by atoms with Crippen LogP contribution in [0.4, 0.5) is 4.79 Å². The van der Waals surface area contributed by atoms with Gasteiger partial charge in [0.05, 0.1) is 0 Å². The van der Waals surface area contributed by atoms with Crippen LogP contribution < -0.4 is 10.6 Å². The molecule has 0 saturated heterocycles. The van der Waals surface area contributed by atoms with E-state index in [1.165, 1.54) is 0 Å². The van der Waals surface area contributed by atoms with Crippen molar-refractivity contribution in [2.45, 2.75) is 65.3 Å². The zero-order chi connectivity index (χ0) is 26.0. The number of alkyl carbamates (subject to hydrolysis) is 1. The molecule has 7 heteroatoms. The molecule has 2 aromatic rings. The standard InChI is InChI=1S/C28H37N3O4/c1-7-20(3)31(24(32)19-30-27(34)35-28(4,5)6)25(23-16-12-15-21(8-2)17-23)26(33)29-18-22-13-10-9-11-14-22/h8-17,20,25H,2,7,18-19H2,1,3-6H3,(H,29,33)(H,30,34). The highest BCUT2D eigenvalue weighted by Crippen LogP contribution is 2.26. The van der Waals surface area contributed by atoms with Crippen LogP contribution >= 0.6 is 0 Å². The Labute approximate surface area is 208 Å². The number of hydrogen-bond acceptors (Lipinski definition) is 4. The summed E-state index contributed by atoms with van der Waals surface area (Å²) in [7, 11) is 0. The van der Waals surface area contributed by atoms with Gasteiger partial charge in [0.15, 0.2) is 0 Å². The van der Waals surface area contributed by atoms with Crippen LogP contribution in [0.2, 0.25) is 0 Å². The zero-order valence-corrected chi connectivity index (χ0v) is 21.3. The number of carbonyl (C=O) groups excluding carboxylic acids is 3. The van der Waals surface area contributed by atoms with E-state index in [-0.39, 0.29) is 24.4 Å². The van der Waals surface area contributed by atoms with Gasteiger partial charge in [-0.15, -0.1) is 0 Å². The molecule has 2 aromatic carbocycles. The predicted octanol–water partition coefficient (Wildman–Crippen LogP) is 4.84. The quantitative estimate of drug-likeness (QED) is 0.511. The Morgan fingerprint density at radius 3 is 2.34 bits per heavy atom. The minimum atomic E-state index is -0.888. The van der Waals surface area contributed by atoms with Crippen LogP contribution in [-0.2, 0) is 20.9 Å². The molecule has 0 aromatic heterocycles. The topological polar surface area (TPSA) is 87.7 Å². The molecule has 2 unspecified atom stereocenters. The second-order valence-electron chi connectivity index (χ2n) is 9.39. The molecule has 0 heterocycles. The third-order valence-corrected chi connectivity index (χ3v) is 5.43. The summed E-state index contributed by atoms with van der Waals surface area (Å²) < 4.78 is 5.25. The lowest BCUT2D eigenvalue weighted by Crippen LogP contribution is -2.51. The maximum Gasteiger partial charge on any atom is 0.408 e. The Hall–Kier alpha value is -3.61. The molecular formula is C28H37N3O4. The number of hydrogen-bond donors (Lipinski definition) is 2. The van der Waals surface area contributed by atoms with Gasteiger partial charge >= 0.3 is 6.09 Å². The highest BCUT2D eigenvalue weighted by Gasteiger charge is 2.34. The summed E-state index contributed by atoms with van der Waals surface area (Å²) >= 11 is 0. The van der Waals surface area contributed by atoms with Gasteiger partial charge in [0.2, 0.25) is 11.8 Å². The smallest absolute Gasteiger partial charge is 0.408 e. The second-order valence-corrected chi connectivity index (χ2v) is 9.39. The van der Waals surface area contributed by atoms with Crippen LogP contribution in [0.5, 0.6) is 0 Å². The van der Waals surface area contributed by atoms with Crippen molar-refractivity contribution < 1.29 is 19.1 Å². The highest BCUT2D eigenvalue weighted by atomic mass is 16.6. The lowest BCUT2D eigenvalue weighted by Gasteiger charge is -2.36. The molecule has 7 nitrogen and oxygen atoms in total. The van der Waals surface area contributed by atoms with Gasteiger partial charge in [-0.1, -0.05) is 68.1 Å². The van der Waals surface area contributed by atoms with Gasteiger partial charge in [-0.05, 0) is 56.9 Å². The SMILES string of the molecule is C=Cc1cccc(C(C(=O)NCc2ccccc2)N(C(=O)CNC(=O)OC(C)(C)C)C(C)CC)c1. The minimum absolute atomic E-state index is 0.261. The fourth-order valence-corrected chi connectivity index (χ4v) is 3.57. The van der Waals surface area contributed by atoms with Crippen molar-refractivity contribution in [1.29, 1.82) is 0 Å². The van der Waals surface area contributed by atoms with E-state index in [1.807, 2.05) is 68.4 Å². The molecule has 0 aliphatic rings. The monoisotopic (exact) mass is 479 g/mol. The third-order valence-electron chi connectivity index (χ3n) is 5.43. The molecule has 0 radical (unpaired) electrons. The summed E-state index contributed by atoms with van der Waals surface area (Å²) in [6.45, 7) is 12.9. The average molecular weight is 480 g/mol. The van der Waals surface area contributed by atoms with Gasteiger partial charge < -0.3 is 20.3 Å². The van der Waals surface area contributed by atoms with Crippen molar-refractivity contribution in [3.63, 3.8) is 0 Å². The van der Waals surface area contributed by atoms with Gasteiger partial charge in [-0.3, -0.25) is 9.59 Å². The predicted molar refractivity (Wildman–Crippen MR) is 138 cm³/mol. The van der Waals surface area contributed by atoms with E-state index in [1.54, 1.807) is 31.7 Å². The summed E-state index contributed by atoms with van der Waals surface area (Å²) in [4.78, 5) is 40.7. The number of carbonyl (C=O) groups is 3. The molecule has 35 heavy (non-hydrogen) atoms. The Morgan fingerprint density at radius 1 is 1.06 bits per heavy atom. The number of benzene rings is 2. The van der Waals surface area contributed by atoms with E-state index in [4.69, 9.17) is 4.74 Å². The summed E-state index contributed by atoms with van der Waals surface area (Å²) in [5.74, 6) is -0.685. The van der Waals surface area contributed by atoms with Crippen LogP contribution in [0, 0.1) is 0 Å². The molecular weight excluding hydrogens is 442 g/mol. The Balaban J connectivity index is 2.35. The molecule has 2 atom stereocenters. The van der Waals surface area contributed by atoms with Gasteiger partial charge in [0.1, 0.15) is 18.2 Å². The van der Waals surface area contributed by atoms with Gasteiger partial charge in [0.25, 0.3) is 0 Å². The number of amides is 3. The largest absolute Gasteiger partial charge is 0.444 e. The fraction of sp³-hybridized carbons (Fsp3) is 0.393. The van der Waals surface area contributed by atoms with E-state index in [0.29, 0.717) is 18.5 Å². The Morgan fingerprint density at radius 2 is 1.74 bits per heavy atom. The van der Waals surface area contributed by atoms with Crippen molar-refractivity contribution in [2.75, 3.05) is 6.54 Å². The maximum absolute atomic E-state index is 13.6. The molecule has 0 saturated carbocycles. The molecule has 2 rings (SSSR count). The normalized spacial score (nSPS) is 12.7. The first kappa shape index (κ1) is 27.6.